The Bertz CT molecular complexity index is 2670. The van der Waals surface area contributed by atoms with Crippen LogP contribution in [0.5, 0.6) is 5.75 Å². The number of amides is 8. The zero-order chi connectivity index (χ0) is 53.3. The molecule has 9 N–H and O–H groups in total. The van der Waals surface area contributed by atoms with E-state index in [4.69, 9.17) is 24.7 Å². The van der Waals surface area contributed by atoms with Gasteiger partial charge in [-0.2, -0.15) is 8.78 Å². The summed E-state index contributed by atoms with van der Waals surface area (Å²) in [6, 6.07) is 4.60. The number of nitrogens with two attached hydrogens (primary N) is 1. The largest absolute Gasteiger partial charge is 0.491 e. The summed E-state index contributed by atoms with van der Waals surface area (Å²) in [5, 5.41) is 10.4. The summed E-state index contributed by atoms with van der Waals surface area (Å²) < 4.78 is 62.9. The Kier molecular flexibility index (Phi) is 18.2. The number of benzene rings is 2. The second-order valence-corrected chi connectivity index (χ2v) is 20.0. The van der Waals surface area contributed by atoms with E-state index in [0.717, 1.165) is 18.2 Å². The summed E-state index contributed by atoms with van der Waals surface area (Å²) in [7, 11) is -4.09. The van der Waals surface area contributed by atoms with Crippen molar-refractivity contribution >= 4 is 65.8 Å². The molecule has 4 aliphatic rings. The fraction of sp³-hybridized carbons (Fsp3) is 0.532. The highest BCUT2D eigenvalue weighted by Crippen LogP contribution is 2.59. The number of carbonyl (C=O) groups excluding carboxylic acids is 8. The molecule has 5 atom stereocenters. The van der Waals surface area contributed by atoms with Crippen LogP contribution in [0.15, 0.2) is 42.5 Å². The highest BCUT2D eigenvalue weighted by molar-refractivity contribution is 7.52. The minimum Gasteiger partial charge on any atom is -0.491 e. The van der Waals surface area contributed by atoms with Crippen molar-refractivity contribution in [3.8, 4) is 5.75 Å². The summed E-state index contributed by atoms with van der Waals surface area (Å²) in [6.07, 6.45) is 1.25. The lowest BCUT2D eigenvalue weighted by Gasteiger charge is -2.37. The second kappa shape index (κ2) is 24.3. The van der Waals surface area contributed by atoms with Crippen molar-refractivity contribution in [2.45, 2.75) is 87.4 Å². The van der Waals surface area contributed by atoms with Gasteiger partial charge in [0.15, 0.2) is 0 Å². The van der Waals surface area contributed by atoms with Crippen molar-refractivity contribution in [1.82, 2.24) is 41.0 Å². The number of carbonyl (C=O) groups is 8. The number of fused-ring (bicyclic) bond motifs is 3. The standard InChI is InChI=1S/C47H60F2N9O15P/c1-56-15-13-29-6-9-37(58(29)46(66)35(26-56)54-42(62)34-24-27-23-28(5-7-32(27)52-34)47(48,49)74(67,68)69)44(64)53-33(8-11-39(50)59)41(61)51-14-16-70-17-18-71-19-20-72-21-22-73-38-4-2-3-30-31(38)25-57(45(30)65)36-10-12-40(60)55-43(36)63/h2-5,7,23-24,29,33,35-37,52H,6,8-22,25-26H2,1H3,(H2,50,59)(H,51,61)(H,53,64)(H,54,62)(H,55,60,63)(H2,67,68,69)/t29-,33?,35+,36?,37+/m1/s1. The zero-order valence-corrected chi connectivity index (χ0v) is 41.4. The molecule has 0 spiro atoms. The number of nitrogens with zero attached hydrogens (tertiary/aromatic N) is 3. The van der Waals surface area contributed by atoms with Crippen LogP contribution in [0.3, 0.4) is 0 Å². The fourth-order valence-electron chi connectivity index (χ4n) is 9.38. The Morgan fingerprint density at radius 2 is 1.65 bits per heavy atom. The van der Waals surface area contributed by atoms with Crippen molar-refractivity contribution in [1.29, 1.82) is 0 Å². The number of primary amides is 1. The molecule has 402 valence electrons. The molecule has 4 aliphatic heterocycles. The number of aromatic nitrogens is 1. The van der Waals surface area contributed by atoms with Crippen LogP contribution in [0, 0.1) is 0 Å². The highest BCUT2D eigenvalue weighted by atomic mass is 31.2. The summed E-state index contributed by atoms with van der Waals surface area (Å²) in [6.45, 7) is 2.18. The Labute approximate surface area is 422 Å². The van der Waals surface area contributed by atoms with Crippen LogP contribution in [-0.2, 0) is 59.8 Å². The third-order valence-electron chi connectivity index (χ3n) is 13.2. The van der Waals surface area contributed by atoms with Gasteiger partial charge in [-0.1, -0.05) is 12.1 Å². The molecule has 0 saturated carbocycles. The Morgan fingerprint density at radius 3 is 2.35 bits per heavy atom. The minimum atomic E-state index is -5.86. The van der Waals surface area contributed by atoms with Gasteiger partial charge in [0.05, 0.1) is 46.2 Å². The first kappa shape index (κ1) is 55.3. The highest BCUT2D eigenvalue weighted by Gasteiger charge is 2.51. The van der Waals surface area contributed by atoms with Gasteiger partial charge in [-0.25, -0.2) is 0 Å². The molecular weight excluding hydrogens is 1000 g/mol. The van der Waals surface area contributed by atoms with E-state index in [1.54, 1.807) is 25.2 Å². The number of H-pyrrole nitrogens is 1. The molecule has 0 bridgehead atoms. The molecule has 0 aliphatic carbocycles. The third-order valence-corrected chi connectivity index (χ3v) is 14.2. The maximum atomic E-state index is 14.4. The van der Waals surface area contributed by atoms with Crippen LogP contribution in [0.2, 0.25) is 0 Å². The van der Waals surface area contributed by atoms with Crippen LogP contribution in [0.1, 0.15) is 76.9 Å². The Morgan fingerprint density at radius 1 is 0.932 bits per heavy atom. The van der Waals surface area contributed by atoms with E-state index in [2.05, 4.69) is 26.3 Å². The fourth-order valence-corrected chi connectivity index (χ4v) is 9.85. The van der Waals surface area contributed by atoms with E-state index in [1.165, 1.54) is 15.9 Å². The lowest BCUT2D eigenvalue weighted by atomic mass is 10.0. The molecule has 24 nitrogen and oxygen atoms in total. The molecule has 5 heterocycles. The zero-order valence-electron chi connectivity index (χ0n) is 40.5. The molecule has 3 saturated heterocycles. The number of hydrogen-bond acceptors (Lipinski definition) is 14. The van der Waals surface area contributed by atoms with Crippen molar-refractivity contribution in [3.05, 3.63) is 64.8 Å². The number of piperidine rings is 1. The number of ether oxygens (including phenoxy) is 4. The average Bonchev–Trinajstić information content (AvgIpc) is 4.07. The van der Waals surface area contributed by atoms with Crippen molar-refractivity contribution in [2.24, 2.45) is 5.73 Å². The van der Waals surface area contributed by atoms with Crippen LogP contribution in [0.4, 0.5) is 8.78 Å². The van der Waals surface area contributed by atoms with E-state index in [-0.39, 0.29) is 126 Å². The Balaban J connectivity index is 0.819. The van der Waals surface area contributed by atoms with Crippen molar-refractivity contribution in [3.63, 3.8) is 0 Å². The molecule has 7 rings (SSSR count). The van der Waals surface area contributed by atoms with Gasteiger partial charge in [-0.3, -0.25) is 48.2 Å². The predicted octanol–water partition coefficient (Wildman–Crippen LogP) is -0.0553. The summed E-state index contributed by atoms with van der Waals surface area (Å²) in [5.41, 5.74) is 1.15. The minimum absolute atomic E-state index is 0.0427. The third kappa shape index (κ3) is 13.3. The number of aromatic amines is 1. The summed E-state index contributed by atoms with van der Waals surface area (Å²) in [5.74, 6) is -3.97. The summed E-state index contributed by atoms with van der Waals surface area (Å²) >= 11 is 0. The van der Waals surface area contributed by atoms with Gasteiger partial charge < -0.3 is 70.1 Å². The molecule has 2 unspecified atom stereocenters. The van der Waals surface area contributed by atoms with Gasteiger partial charge in [-0.05, 0) is 76.0 Å². The van der Waals surface area contributed by atoms with Gasteiger partial charge in [0.1, 0.15) is 42.2 Å². The first-order valence-electron chi connectivity index (χ1n) is 24.1. The molecule has 2 aromatic carbocycles. The van der Waals surface area contributed by atoms with Gasteiger partial charge in [0, 0.05) is 59.6 Å². The number of alkyl halides is 2. The normalized spacial score (nSPS) is 20.9. The molecular formula is C47H60F2N9O15P. The monoisotopic (exact) mass is 1060 g/mol. The maximum Gasteiger partial charge on any atom is 0.399 e. The number of imide groups is 1. The number of hydrogen-bond donors (Lipinski definition) is 8. The number of likely N-dealkylation sites (N-methyl/N-ethyl adjacent to an activating group) is 1. The molecule has 74 heavy (non-hydrogen) atoms. The van der Waals surface area contributed by atoms with Gasteiger partial charge >= 0.3 is 13.3 Å². The van der Waals surface area contributed by atoms with E-state index >= 15 is 0 Å². The van der Waals surface area contributed by atoms with Crippen LogP contribution in [-0.4, -0.2) is 180 Å². The molecule has 8 amide bonds. The topological polar surface area (TPSA) is 331 Å². The smallest absolute Gasteiger partial charge is 0.399 e. The number of halogens is 2. The quantitative estimate of drug-likeness (QED) is 0.0331. The first-order valence-corrected chi connectivity index (χ1v) is 25.7. The molecule has 27 heteroatoms. The average molecular weight is 1060 g/mol. The predicted molar refractivity (Wildman–Crippen MR) is 255 cm³/mol. The van der Waals surface area contributed by atoms with Gasteiger partial charge in [0.25, 0.3) is 11.8 Å². The van der Waals surface area contributed by atoms with E-state index < -0.39 is 84.5 Å². The van der Waals surface area contributed by atoms with E-state index in [0.29, 0.717) is 36.3 Å². The number of nitrogens with one attached hydrogen (secondary N) is 5. The lowest BCUT2D eigenvalue weighted by Crippen LogP contribution is -2.61. The van der Waals surface area contributed by atoms with Crippen LogP contribution >= 0.6 is 7.60 Å². The van der Waals surface area contributed by atoms with Gasteiger partial charge in [-0.15, -0.1) is 0 Å². The van der Waals surface area contributed by atoms with Crippen LogP contribution in [0.25, 0.3) is 10.9 Å². The van der Waals surface area contributed by atoms with E-state index in [9.17, 15) is 61.5 Å². The lowest BCUT2D eigenvalue weighted by molar-refractivity contribution is -0.144. The maximum absolute atomic E-state index is 14.4. The van der Waals surface area contributed by atoms with Crippen molar-refractivity contribution in [2.75, 3.05) is 72.9 Å². The first-order chi connectivity index (χ1) is 35.2. The number of rotatable bonds is 24. The van der Waals surface area contributed by atoms with E-state index in [1.807, 2.05) is 4.90 Å². The van der Waals surface area contributed by atoms with Gasteiger partial charge in [0.2, 0.25) is 35.4 Å². The molecule has 0 radical (unpaired) electrons. The molecule has 3 fully saturated rings. The Hall–Kier alpha value is -6.41. The molecule has 3 aromatic rings. The summed E-state index contributed by atoms with van der Waals surface area (Å²) in [4.78, 5) is 130. The van der Waals surface area contributed by atoms with Crippen molar-refractivity contribution < 1.29 is 80.4 Å². The van der Waals surface area contributed by atoms with Crippen LogP contribution < -0.4 is 31.7 Å². The SMILES string of the molecule is CN1CC[C@H]2CC[C@@H](C(=O)NC(CCC(N)=O)C(=O)NCCOCCOCCOCCOc3cccc4c3CN(C3CCC(=O)NC3=O)C4=O)N2C(=O)[C@@H](NC(=O)c2cc3cc(C(F)(F)P(=O)(O)O)ccc3[nH]2)C1. The molecule has 1 aromatic heterocycles. The second-order valence-electron chi connectivity index (χ2n) is 18.4.